The molecule has 0 fully saturated rings. The Labute approximate surface area is 117 Å². The second kappa shape index (κ2) is 5.83. The zero-order chi connectivity index (χ0) is 14.7. The van der Waals surface area contributed by atoms with Crippen molar-refractivity contribution in [3.8, 4) is 0 Å². The van der Waals surface area contributed by atoms with Gasteiger partial charge in [0.15, 0.2) is 0 Å². The molecule has 0 aliphatic rings. The third kappa shape index (κ3) is 2.70. The Hall–Kier alpha value is -2.21. The van der Waals surface area contributed by atoms with Gasteiger partial charge in [0.05, 0.1) is 0 Å². The summed E-state index contributed by atoms with van der Waals surface area (Å²) in [5.41, 5.74) is 4.19. The van der Waals surface area contributed by atoms with E-state index in [-0.39, 0.29) is 11.7 Å². The number of benzene rings is 1. The molecule has 1 aromatic heterocycles. The fourth-order valence-electron chi connectivity index (χ4n) is 2.11. The van der Waals surface area contributed by atoms with E-state index < -0.39 is 0 Å². The smallest absolute Gasteiger partial charge is 0.148 e. The molecule has 0 bridgehead atoms. The van der Waals surface area contributed by atoms with Gasteiger partial charge in [0.25, 0.3) is 0 Å². The molecular weight excluding hydrogens is 257 g/mol. The van der Waals surface area contributed by atoms with Crippen LogP contribution in [-0.2, 0) is 0 Å². The van der Waals surface area contributed by atoms with Crippen LogP contribution in [0, 0.1) is 5.82 Å². The first kappa shape index (κ1) is 14.2. The molecule has 0 unspecified atom stereocenters. The number of hydrogen-bond acceptors (Lipinski definition) is 5. The number of anilines is 3. The maximum Gasteiger partial charge on any atom is 0.148 e. The molecule has 0 aliphatic heterocycles. The second-order valence-corrected chi connectivity index (χ2v) is 4.80. The van der Waals surface area contributed by atoms with Crippen molar-refractivity contribution in [2.45, 2.75) is 19.8 Å². The van der Waals surface area contributed by atoms with Gasteiger partial charge in [-0.2, -0.15) is 0 Å². The van der Waals surface area contributed by atoms with Crippen LogP contribution in [0.4, 0.5) is 21.7 Å². The van der Waals surface area contributed by atoms with Crippen LogP contribution < -0.4 is 16.2 Å². The van der Waals surface area contributed by atoms with Gasteiger partial charge in [-0.3, -0.25) is 0 Å². The van der Waals surface area contributed by atoms with E-state index in [9.17, 15) is 4.39 Å². The molecule has 1 aromatic carbocycles. The second-order valence-electron chi connectivity index (χ2n) is 4.80. The highest BCUT2D eigenvalue weighted by Gasteiger charge is 2.18. The van der Waals surface area contributed by atoms with Crippen LogP contribution in [0.25, 0.3) is 0 Å². The summed E-state index contributed by atoms with van der Waals surface area (Å²) in [7, 11) is 1.84. The summed E-state index contributed by atoms with van der Waals surface area (Å²) in [6.45, 7) is 4.06. The van der Waals surface area contributed by atoms with E-state index in [2.05, 4.69) is 15.4 Å². The molecule has 6 heteroatoms. The third-order valence-electron chi connectivity index (χ3n) is 3.09. The third-order valence-corrected chi connectivity index (χ3v) is 3.09. The fourth-order valence-corrected chi connectivity index (χ4v) is 2.11. The molecule has 0 amide bonds. The van der Waals surface area contributed by atoms with Gasteiger partial charge in [0.1, 0.15) is 23.8 Å². The summed E-state index contributed by atoms with van der Waals surface area (Å²) in [6, 6.07) is 6.36. The lowest BCUT2D eigenvalue weighted by molar-refractivity contribution is 0.628. The van der Waals surface area contributed by atoms with E-state index >= 15 is 0 Å². The summed E-state index contributed by atoms with van der Waals surface area (Å²) in [6.07, 6.45) is 1.44. The molecule has 0 aliphatic carbocycles. The number of nitrogens with two attached hydrogens (primary N) is 1. The fraction of sp³-hybridized carbons (Fsp3) is 0.286. The van der Waals surface area contributed by atoms with Crippen molar-refractivity contribution in [2.75, 3.05) is 17.4 Å². The first-order valence-corrected chi connectivity index (χ1v) is 6.35. The Kier molecular flexibility index (Phi) is 4.14. The minimum absolute atomic E-state index is 0.174. The van der Waals surface area contributed by atoms with Crippen LogP contribution in [-0.4, -0.2) is 17.0 Å². The Balaban J connectivity index is 2.52. The molecule has 0 saturated carbocycles. The van der Waals surface area contributed by atoms with Crippen LogP contribution in [0.2, 0.25) is 0 Å². The van der Waals surface area contributed by atoms with Crippen LogP contribution in [0.1, 0.15) is 25.3 Å². The van der Waals surface area contributed by atoms with Crippen molar-refractivity contribution in [1.82, 2.24) is 9.97 Å². The number of hydrazine groups is 1. The summed E-state index contributed by atoms with van der Waals surface area (Å²) in [5, 5.41) is 0. The highest BCUT2D eigenvalue weighted by Crippen LogP contribution is 2.33. The van der Waals surface area contributed by atoms with Gasteiger partial charge in [-0.25, -0.2) is 20.2 Å². The van der Waals surface area contributed by atoms with Gasteiger partial charge in [-0.15, -0.1) is 0 Å². The topological polar surface area (TPSA) is 67.1 Å². The number of nitrogens with zero attached hydrogens (tertiary/aromatic N) is 3. The average Bonchev–Trinajstić information content (AvgIpc) is 2.45. The Morgan fingerprint density at radius 1 is 1.30 bits per heavy atom. The van der Waals surface area contributed by atoms with Gasteiger partial charge in [-0.05, 0) is 24.1 Å². The predicted molar refractivity (Wildman–Crippen MR) is 78.4 cm³/mol. The van der Waals surface area contributed by atoms with Gasteiger partial charge in [0.2, 0.25) is 0 Å². The molecular formula is C14H18FN5. The first-order chi connectivity index (χ1) is 9.54. The quantitative estimate of drug-likeness (QED) is 0.663. The lowest BCUT2D eigenvalue weighted by atomic mass is 10.0. The minimum Gasteiger partial charge on any atom is -0.329 e. The monoisotopic (exact) mass is 275 g/mol. The van der Waals surface area contributed by atoms with Crippen molar-refractivity contribution in [3.05, 3.63) is 42.0 Å². The zero-order valence-electron chi connectivity index (χ0n) is 11.8. The Bertz CT molecular complexity index is 600. The van der Waals surface area contributed by atoms with Crippen molar-refractivity contribution >= 4 is 17.3 Å². The first-order valence-electron chi connectivity index (χ1n) is 6.35. The predicted octanol–water partition coefficient (Wildman–Crippen LogP) is 2.79. The molecule has 106 valence electrons. The SMILES string of the molecule is CC(C)c1c(NN)ncnc1N(C)c1cccc(F)c1. The van der Waals surface area contributed by atoms with E-state index in [1.54, 1.807) is 6.07 Å². The van der Waals surface area contributed by atoms with E-state index in [1.807, 2.05) is 31.9 Å². The maximum atomic E-state index is 13.4. The molecule has 3 N–H and O–H groups in total. The number of nitrogens with one attached hydrogen (secondary N) is 1. The maximum absolute atomic E-state index is 13.4. The lowest BCUT2D eigenvalue weighted by Crippen LogP contribution is -2.19. The van der Waals surface area contributed by atoms with E-state index in [0.717, 1.165) is 5.56 Å². The largest absolute Gasteiger partial charge is 0.329 e. The number of halogens is 1. The summed E-state index contributed by atoms with van der Waals surface area (Å²) in [4.78, 5) is 10.3. The normalized spacial score (nSPS) is 10.7. The summed E-state index contributed by atoms with van der Waals surface area (Å²) >= 11 is 0. The average molecular weight is 275 g/mol. The van der Waals surface area contributed by atoms with Crippen LogP contribution in [0.5, 0.6) is 0 Å². The number of hydrogen-bond donors (Lipinski definition) is 2. The molecule has 2 rings (SSSR count). The highest BCUT2D eigenvalue weighted by atomic mass is 19.1. The van der Waals surface area contributed by atoms with E-state index in [1.165, 1.54) is 18.5 Å². The van der Waals surface area contributed by atoms with Crippen LogP contribution in [0.3, 0.4) is 0 Å². The van der Waals surface area contributed by atoms with Gasteiger partial charge >= 0.3 is 0 Å². The molecule has 1 heterocycles. The Morgan fingerprint density at radius 3 is 2.65 bits per heavy atom. The minimum atomic E-state index is -0.285. The van der Waals surface area contributed by atoms with Crippen LogP contribution >= 0.6 is 0 Å². The van der Waals surface area contributed by atoms with Crippen molar-refractivity contribution in [3.63, 3.8) is 0 Å². The molecule has 0 saturated heterocycles. The summed E-state index contributed by atoms with van der Waals surface area (Å²) in [5.74, 6) is 6.67. The zero-order valence-corrected chi connectivity index (χ0v) is 11.8. The standard InChI is InChI=1S/C14H18FN5/c1-9(2)12-13(19-16)17-8-18-14(12)20(3)11-6-4-5-10(15)7-11/h4-9H,16H2,1-3H3,(H,17,18,19). The van der Waals surface area contributed by atoms with Gasteiger partial charge in [0, 0.05) is 18.3 Å². The van der Waals surface area contributed by atoms with E-state index in [4.69, 9.17) is 5.84 Å². The number of rotatable bonds is 4. The van der Waals surface area contributed by atoms with Gasteiger partial charge in [-0.1, -0.05) is 19.9 Å². The van der Waals surface area contributed by atoms with Crippen molar-refractivity contribution < 1.29 is 4.39 Å². The number of nitrogen functional groups attached to an aromatic ring is 1. The molecule has 20 heavy (non-hydrogen) atoms. The van der Waals surface area contributed by atoms with Crippen LogP contribution in [0.15, 0.2) is 30.6 Å². The molecule has 0 spiro atoms. The number of aromatic nitrogens is 2. The highest BCUT2D eigenvalue weighted by molar-refractivity contribution is 5.67. The van der Waals surface area contributed by atoms with Crippen molar-refractivity contribution in [2.24, 2.45) is 5.84 Å². The van der Waals surface area contributed by atoms with Gasteiger partial charge < -0.3 is 10.3 Å². The molecule has 2 aromatic rings. The molecule has 0 radical (unpaired) electrons. The molecule has 0 atom stereocenters. The summed E-state index contributed by atoms with van der Waals surface area (Å²) < 4.78 is 13.4. The molecule has 5 nitrogen and oxygen atoms in total. The lowest BCUT2D eigenvalue weighted by Gasteiger charge is -2.24. The van der Waals surface area contributed by atoms with E-state index in [0.29, 0.717) is 17.3 Å². The van der Waals surface area contributed by atoms with Crippen molar-refractivity contribution in [1.29, 1.82) is 0 Å². The Morgan fingerprint density at radius 2 is 2.05 bits per heavy atom.